The van der Waals surface area contributed by atoms with Crippen LogP contribution in [0.2, 0.25) is 0 Å². The number of hydrogen-bond donors (Lipinski definition) is 1. The summed E-state index contributed by atoms with van der Waals surface area (Å²) in [7, 11) is -3.17. The van der Waals surface area contributed by atoms with E-state index in [1.807, 2.05) is 12.1 Å². The van der Waals surface area contributed by atoms with Gasteiger partial charge in [0, 0.05) is 18.1 Å². The Labute approximate surface area is 116 Å². The minimum atomic E-state index is -3.17. The highest BCUT2D eigenvalue weighted by molar-refractivity contribution is 7.91. The van der Waals surface area contributed by atoms with E-state index in [-0.39, 0.29) is 23.6 Å². The Kier molecular flexibility index (Phi) is 2.72. The number of benzene rings is 1. The molecule has 0 spiro atoms. The van der Waals surface area contributed by atoms with Crippen molar-refractivity contribution >= 4 is 27.0 Å². The van der Waals surface area contributed by atoms with Crippen molar-refractivity contribution in [2.24, 2.45) is 11.7 Å². The molecule has 102 valence electrons. The Hall–Kier alpha value is -1.34. The standard InChI is InChI=1S/C12H13NO4S2/c1-19(14,15)11-9(10(11)12(13)18)6-2-3-7-8(4-6)17-5-16-7/h2-4,9-11H,5H2,1H3,(H2,13,18)/t9-,10-,11-/m0/s1. The molecule has 1 aliphatic heterocycles. The number of sulfone groups is 1. The molecule has 5 nitrogen and oxygen atoms in total. The Morgan fingerprint density at radius 3 is 2.63 bits per heavy atom. The molecule has 1 saturated carbocycles. The van der Waals surface area contributed by atoms with Gasteiger partial charge in [0.05, 0.1) is 10.2 Å². The maximum atomic E-state index is 11.8. The van der Waals surface area contributed by atoms with Crippen molar-refractivity contribution in [3.8, 4) is 11.5 Å². The molecule has 2 aliphatic rings. The highest BCUT2D eigenvalue weighted by Crippen LogP contribution is 2.53. The summed E-state index contributed by atoms with van der Waals surface area (Å²) in [6, 6.07) is 5.43. The molecule has 0 saturated heterocycles. The lowest BCUT2D eigenvalue weighted by Crippen LogP contribution is -2.16. The zero-order chi connectivity index (χ0) is 13.8. The van der Waals surface area contributed by atoms with Gasteiger partial charge in [-0.2, -0.15) is 0 Å². The van der Waals surface area contributed by atoms with E-state index in [0.717, 1.165) is 5.56 Å². The van der Waals surface area contributed by atoms with Gasteiger partial charge in [0.1, 0.15) is 0 Å². The van der Waals surface area contributed by atoms with Crippen LogP contribution in [0.25, 0.3) is 0 Å². The number of ether oxygens (including phenoxy) is 2. The summed E-state index contributed by atoms with van der Waals surface area (Å²) in [4.78, 5) is 0.248. The lowest BCUT2D eigenvalue weighted by molar-refractivity contribution is 0.174. The van der Waals surface area contributed by atoms with Crippen LogP contribution >= 0.6 is 12.2 Å². The van der Waals surface area contributed by atoms with Crippen molar-refractivity contribution in [1.29, 1.82) is 0 Å². The van der Waals surface area contributed by atoms with E-state index in [9.17, 15) is 8.42 Å². The number of fused-ring (bicyclic) bond motifs is 1. The van der Waals surface area contributed by atoms with Gasteiger partial charge in [-0.05, 0) is 17.7 Å². The van der Waals surface area contributed by atoms with Crippen LogP contribution in [0.3, 0.4) is 0 Å². The van der Waals surface area contributed by atoms with Gasteiger partial charge >= 0.3 is 0 Å². The average Bonchev–Trinajstić information content (AvgIpc) is 2.93. The maximum absolute atomic E-state index is 11.8. The van der Waals surface area contributed by atoms with Crippen LogP contribution < -0.4 is 15.2 Å². The Morgan fingerprint density at radius 1 is 1.37 bits per heavy atom. The van der Waals surface area contributed by atoms with E-state index in [1.165, 1.54) is 6.26 Å². The molecule has 1 fully saturated rings. The van der Waals surface area contributed by atoms with Crippen molar-refractivity contribution < 1.29 is 17.9 Å². The minimum absolute atomic E-state index is 0.179. The van der Waals surface area contributed by atoms with Crippen LogP contribution in [-0.4, -0.2) is 31.7 Å². The molecule has 3 rings (SSSR count). The SMILES string of the molecule is CS(=O)(=O)[C@@H]1[C@@H](C(N)=S)[C@@H]1c1ccc2c(c1)OCO2. The van der Waals surface area contributed by atoms with Crippen LogP contribution in [0.1, 0.15) is 11.5 Å². The van der Waals surface area contributed by atoms with Crippen LogP contribution in [0, 0.1) is 5.92 Å². The molecule has 0 bridgehead atoms. The molecule has 1 aromatic carbocycles. The van der Waals surface area contributed by atoms with Crippen LogP contribution in [-0.2, 0) is 9.84 Å². The van der Waals surface area contributed by atoms with E-state index in [1.54, 1.807) is 6.07 Å². The summed E-state index contributed by atoms with van der Waals surface area (Å²) in [5, 5.41) is -0.523. The number of rotatable bonds is 3. The van der Waals surface area contributed by atoms with Gasteiger partial charge in [-0.3, -0.25) is 0 Å². The molecule has 0 amide bonds. The lowest BCUT2D eigenvalue weighted by atomic mass is 10.1. The van der Waals surface area contributed by atoms with Crippen molar-refractivity contribution in [2.45, 2.75) is 11.2 Å². The fourth-order valence-corrected chi connectivity index (χ4v) is 4.67. The van der Waals surface area contributed by atoms with Gasteiger partial charge in [0.2, 0.25) is 6.79 Å². The van der Waals surface area contributed by atoms with Crippen LogP contribution in [0.15, 0.2) is 18.2 Å². The first-order chi connectivity index (χ1) is 8.89. The maximum Gasteiger partial charge on any atom is 0.231 e. The van der Waals surface area contributed by atoms with E-state index >= 15 is 0 Å². The van der Waals surface area contributed by atoms with Crippen molar-refractivity contribution in [3.63, 3.8) is 0 Å². The second kappa shape index (κ2) is 4.08. The summed E-state index contributed by atoms with van der Waals surface area (Å²) in [6.07, 6.45) is 1.22. The molecule has 7 heteroatoms. The van der Waals surface area contributed by atoms with Crippen LogP contribution in [0.4, 0.5) is 0 Å². The topological polar surface area (TPSA) is 78.6 Å². The first kappa shape index (κ1) is 12.7. The predicted octanol–water partition coefficient (Wildman–Crippen LogP) is 0.828. The highest BCUT2D eigenvalue weighted by Gasteiger charge is 2.58. The van der Waals surface area contributed by atoms with Crippen molar-refractivity contribution in [2.75, 3.05) is 13.0 Å². The highest BCUT2D eigenvalue weighted by atomic mass is 32.2. The smallest absolute Gasteiger partial charge is 0.231 e. The molecular weight excluding hydrogens is 286 g/mol. The first-order valence-corrected chi connectivity index (χ1v) is 8.13. The summed E-state index contributed by atoms with van der Waals surface area (Å²) in [6.45, 7) is 0.192. The summed E-state index contributed by atoms with van der Waals surface area (Å²) in [5.74, 6) is 0.845. The van der Waals surface area contributed by atoms with E-state index in [0.29, 0.717) is 11.5 Å². The van der Waals surface area contributed by atoms with Gasteiger partial charge in [-0.15, -0.1) is 0 Å². The normalized spacial score (nSPS) is 28.2. The predicted molar refractivity (Wildman–Crippen MR) is 74.2 cm³/mol. The monoisotopic (exact) mass is 299 g/mol. The summed E-state index contributed by atoms with van der Waals surface area (Å²) < 4.78 is 34.0. The molecule has 0 aromatic heterocycles. The minimum Gasteiger partial charge on any atom is -0.454 e. The largest absolute Gasteiger partial charge is 0.454 e. The molecule has 0 radical (unpaired) electrons. The second-order valence-corrected chi connectivity index (χ2v) is 7.54. The molecule has 2 N–H and O–H groups in total. The van der Waals surface area contributed by atoms with Crippen molar-refractivity contribution in [1.82, 2.24) is 0 Å². The molecule has 0 unspecified atom stereocenters. The number of hydrogen-bond acceptors (Lipinski definition) is 5. The molecule has 3 atom stereocenters. The van der Waals surface area contributed by atoms with Gasteiger partial charge in [-0.1, -0.05) is 18.3 Å². The lowest BCUT2D eigenvalue weighted by Gasteiger charge is -2.02. The molecule has 19 heavy (non-hydrogen) atoms. The Morgan fingerprint density at radius 2 is 2.05 bits per heavy atom. The zero-order valence-corrected chi connectivity index (χ0v) is 11.8. The third-order valence-electron chi connectivity index (χ3n) is 3.56. The number of thiocarbonyl (C=S) groups is 1. The average molecular weight is 299 g/mol. The van der Waals surface area contributed by atoms with E-state index in [4.69, 9.17) is 27.4 Å². The fourth-order valence-electron chi connectivity index (χ4n) is 2.67. The second-order valence-electron chi connectivity index (χ2n) is 4.86. The zero-order valence-electron chi connectivity index (χ0n) is 10.2. The van der Waals surface area contributed by atoms with Crippen LogP contribution in [0.5, 0.6) is 11.5 Å². The molecule has 1 aliphatic carbocycles. The molecule has 1 heterocycles. The molecular formula is C12H13NO4S2. The number of nitrogens with two attached hydrogens (primary N) is 1. The Balaban J connectivity index is 1.96. The summed E-state index contributed by atoms with van der Waals surface area (Å²) in [5.41, 5.74) is 6.51. The van der Waals surface area contributed by atoms with Gasteiger partial charge in [0.15, 0.2) is 21.3 Å². The third-order valence-corrected chi connectivity index (χ3v) is 5.41. The molecule has 1 aromatic rings. The third kappa shape index (κ3) is 2.06. The van der Waals surface area contributed by atoms with E-state index < -0.39 is 15.1 Å². The fraction of sp³-hybridized carbons (Fsp3) is 0.417. The summed E-state index contributed by atoms with van der Waals surface area (Å²) >= 11 is 4.96. The van der Waals surface area contributed by atoms with Gasteiger partial charge in [0.25, 0.3) is 0 Å². The quantitative estimate of drug-likeness (QED) is 0.833. The Bertz CT molecular complexity index is 656. The first-order valence-electron chi connectivity index (χ1n) is 5.77. The van der Waals surface area contributed by atoms with E-state index in [2.05, 4.69) is 0 Å². The van der Waals surface area contributed by atoms with Gasteiger partial charge < -0.3 is 15.2 Å². The van der Waals surface area contributed by atoms with Crippen molar-refractivity contribution in [3.05, 3.63) is 23.8 Å². The van der Waals surface area contributed by atoms with Gasteiger partial charge in [-0.25, -0.2) is 8.42 Å².